The summed E-state index contributed by atoms with van der Waals surface area (Å²) in [5.41, 5.74) is 0. The fourth-order valence-electron chi connectivity index (χ4n) is 2.10. The van der Waals surface area contributed by atoms with E-state index in [1.165, 1.54) is 0 Å². The van der Waals surface area contributed by atoms with Gasteiger partial charge in [0, 0.05) is 30.9 Å². The first kappa shape index (κ1) is 13.7. The lowest BCUT2D eigenvalue weighted by atomic mass is 10.3. The van der Waals surface area contributed by atoms with Crippen molar-refractivity contribution in [1.82, 2.24) is 15.5 Å². The van der Waals surface area contributed by atoms with Crippen LogP contribution in [0.5, 0.6) is 0 Å². The Kier molecular flexibility index (Phi) is 4.50. The molecule has 2 aliphatic rings. The van der Waals surface area contributed by atoms with Crippen LogP contribution in [0.2, 0.25) is 0 Å². The highest BCUT2D eigenvalue weighted by molar-refractivity contribution is 8.00. The number of rotatable bonds is 3. The summed E-state index contributed by atoms with van der Waals surface area (Å²) in [6.07, 6.45) is 5.24. The molecule has 0 bridgehead atoms. The van der Waals surface area contributed by atoms with Gasteiger partial charge in [-0.15, -0.1) is 0 Å². The van der Waals surface area contributed by atoms with E-state index < -0.39 is 5.91 Å². The number of carbonyl (C=O) groups is 2. The summed E-state index contributed by atoms with van der Waals surface area (Å²) in [4.78, 5) is 25.4. The number of nitrogens with one attached hydrogen (secondary N) is 2. The molecule has 0 atom stereocenters. The van der Waals surface area contributed by atoms with Crippen LogP contribution in [0.15, 0.2) is 0 Å². The summed E-state index contributed by atoms with van der Waals surface area (Å²) in [5.74, 6) is -0.826. The first-order chi connectivity index (χ1) is 8.67. The molecule has 1 aliphatic heterocycles. The summed E-state index contributed by atoms with van der Waals surface area (Å²) in [6, 6.07) is 0. The van der Waals surface area contributed by atoms with Crippen LogP contribution in [0, 0.1) is 0 Å². The van der Waals surface area contributed by atoms with E-state index in [1.807, 2.05) is 0 Å². The van der Waals surface area contributed by atoms with E-state index in [1.54, 1.807) is 16.7 Å². The molecule has 0 unspecified atom stereocenters. The number of nitrogens with zero attached hydrogens (tertiary/aromatic N) is 1. The van der Waals surface area contributed by atoms with Crippen LogP contribution in [-0.2, 0) is 9.59 Å². The molecular formula is C12H21N3O2S. The first-order valence-electron chi connectivity index (χ1n) is 6.50. The first-order valence-corrected chi connectivity index (χ1v) is 7.72. The van der Waals surface area contributed by atoms with Gasteiger partial charge in [-0.05, 0) is 32.1 Å². The van der Waals surface area contributed by atoms with E-state index in [0.29, 0.717) is 19.6 Å². The summed E-state index contributed by atoms with van der Waals surface area (Å²) in [5, 5.41) is 6.00. The molecule has 1 saturated carbocycles. The van der Waals surface area contributed by atoms with Crippen molar-refractivity contribution in [1.29, 1.82) is 0 Å². The van der Waals surface area contributed by atoms with Gasteiger partial charge < -0.3 is 15.5 Å². The van der Waals surface area contributed by atoms with Crippen molar-refractivity contribution in [2.45, 2.75) is 24.0 Å². The van der Waals surface area contributed by atoms with Crippen molar-refractivity contribution in [2.75, 3.05) is 39.0 Å². The van der Waals surface area contributed by atoms with E-state index in [4.69, 9.17) is 0 Å². The van der Waals surface area contributed by atoms with Crippen molar-refractivity contribution in [3.8, 4) is 0 Å². The average molecular weight is 271 g/mol. The van der Waals surface area contributed by atoms with Gasteiger partial charge in [-0.3, -0.25) is 9.59 Å². The Morgan fingerprint density at radius 1 is 1.33 bits per heavy atom. The predicted octanol–water partition coefficient (Wildman–Crippen LogP) is -0.180. The molecule has 0 aromatic carbocycles. The number of hydrogen-bond acceptors (Lipinski definition) is 4. The van der Waals surface area contributed by atoms with Crippen molar-refractivity contribution >= 4 is 23.6 Å². The Labute approximate surface area is 112 Å². The lowest BCUT2D eigenvalue weighted by molar-refractivity contribution is -0.145. The SMILES string of the molecule is CSC1(CNC(=O)C(=O)N2CCCNCC2)CC1. The molecule has 18 heavy (non-hydrogen) atoms. The summed E-state index contributed by atoms with van der Waals surface area (Å²) in [6.45, 7) is 3.60. The second-order valence-corrected chi connectivity index (χ2v) is 6.24. The molecule has 2 rings (SSSR count). The van der Waals surface area contributed by atoms with Crippen LogP contribution in [0.3, 0.4) is 0 Å². The molecule has 0 aromatic rings. The van der Waals surface area contributed by atoms with Crippen molar-refractivity contribution in [2.24, 2.45) is 0 Å². The quantitative estimate of drug-likeness (QED) is 0.699. The lowest BCUT2D eigenvalue weighted by Crippen LogP contribution is -2.46. The van der Waals surface area contributed by atoms with Gasteiger partial charge in [0.1, 0.15) is 0 Å². The molecule has 2 fully saturated rings. The van der Waals surface area contributed by atoms with Crippen LogP contribution in [0.4, 0.5) is 0 Å². The highest BCUT2D eigenvalue weighted by Crippen LogP contribution is 2.46. The molecule has 1 aliphatic carbocycles. The lowest BCUT2D eigenvalue weighted by Gasteiger charge is -2.20. The Balaban J connectivity index is 1.78. The van der Waals surface area contributed by atoms with Crippen molar-refractivity contribution in [3.05, 3.63) is 0 Å². The van der Waals surface area contributed by atoms with E-state index in [2.05, 4.69) is 16.9 Å². The van der Waals surface area contributed by atoms with Crippen LogP contribution >= 0.6 is 11.8 Å². The normalized spacial score (nSPS) is 22.2. The van der Waals surface area contributed by atoms with Crippen molar-refractivity contribution < 1.29 is 9.59 Å². The molecule has 0 spiro atoms. The van der Waals surface area contributed by atoms with Gasteiger partial charge in [0.05, 0.1) is 0 Å². The monoisotopic (exact) mass is 271 g/mol. The maximum Gasteiger partial charge on any atom is 0.311 e. The van der Waals surface area contributed by atoms with E-state index in [-0.39, 0.29) is 10.7 Å². The van der Waals surface area contributed by atoms with Gasteiger partial charge in [0.15, 0.2) is 0 Å². The minimum absolute atomic E-state index is 0.205. The molecule has 2 N–H and O–H groups in total. The zero-order valence-corrected chi connectivity index (χ0v) is 11.6. The zero-order valence-electron chi connectivity index (χ0n) is 10.8. The highest BCUT2D eigenvalue weighted by atomic mass is 32.2. The van der Waals surface area contributed by atoms with Gasteiger partial charge in [0.2, 0.25) is 0 Å². The number of thioether (sulfide) groups is 1. The van der Waals surface area contributed by atoms with Gasteiger partial charge >= 0.3 is 11.8 Å². The topological polar surface area (TPSA) is 61.4 Å². The minimum Gasteiger partial charge on any atom is -0.346 e. The van der Waals surface area contributed by atoms with Gasteiger partial charge in [-0.25, -0.2) is 0 Å². The van der Waals surface area contributed by atoms with E-state index >= 15 is 0 Å². The zero-order chi connectivity index (χ0) is 13.0. The molecule has 5 nitrogen and oxygen atoms in total. The average Bonchev–Trinajstić information content (AvgIpc) is 3.19. The molecule has 6 heteroatoms. The summed E-state index contributed by atoms with van der Waals surface area (Å²) in [7, 11) is 0. The largest absolute Gasteiger partial charge is 0.346 e. The third-order valence-corrected chi connectivity index (χ3v) is 5.05. The van der Waals surface area contributed by atoms with Gasteiger partial charge in [-0.1, -0.05) is 0 Å². The van der Waals surface area contributed by atoms with Crippen LogP contribution < -0.4 is 10.6 Å². The molecule has 2 amide bonds. The fraction of sp³-hybridized carbons (Fsp3) is 0.833. The van der Waals surface area contributed by atoms with Gasteiger partial charge in [-0.2, -0.15) is 11.8 Å². The Morgan fingerprint density at radius 2 is 2.11 bits per heavy atom. The second-order valence-electron chi connectivity index (χ2n) is 4.97. The maximum absolute atomic E-state index is 12.0. The summed E-state index contributed by atoms with van der Waals surface area (Å²) < 4.78 is 0.205. The highest BCUT2D eigenvalue weighted by Gasteiger charge is 2.42. The Bertz CT molecular complexity index is 323. The van der Waals surface area contributed by atoms with Crippen LogP contribution in [0.1, 0.15) is 19.3 Å². The smallest absolute Gasteiger partial charge is 0.311 e. The minimum atomic E-state index is -0.447. The predicted molar refractivity (Wildman–Crippen MR) is 72.6 cm³/mol. The summed E-state index contributed by atoms with van der Waals surface area (Å²) >= 11 is 1.78. The molecule has 1 heterocycles. The Hall–Kier alpha value is -0.750. The standard InChI is InChI=1S/C12H21N3O2S/c1-18-12(3-4-12)9-14-10(16)11(17)15-7-2-5-13-6-8-15/h13H,2-9H2,1H3,(H,14,16). The molecule has 0 radical (unpaired) electrons. The third kappa shape index (κ3) is 3.38. The molecule has 102 valence electrons. The Morgan fingerprint density at radius 3 is 2.78 bits per heavy atom. The fourth-order valence-corrected chi connectivity index (χ4v) is 2.83. The van der Waals surface area contributed by atoms with Crippen LogP contribution in [-0.4, -0.2) is 60.4 Å². The van der Waals surface area contributed by atoms with E-state index in [0.717, 1.165) is 32.4 Å². The molecule has 1 saturated heterocycles. The maximum atomic E-state index is 12.0. The van der Waals surface area contributed by atoms with E-state index in [9.17, 15) is 9.59 Å². The number of amides is 2. The molecule has 0 aromatic heterocycles. The second kappa shape index (κ2) is 5.93. The third-order valence-electron chi connectivity index (χ3n) is 3.63. The number of carbonyl (C=O) groups excluding carboxylic acids is 2. The number of hydrogen-bond donors (Lipinski definition) is 2. The van der Waals surface area contributed by atoms with Gasteiger partial charge in [0.25, 0.3) is 0 Å². The molecular weight excluding hydrogens is 250 g/mol. The van der Waals surface area contributed by atoms with Crippen molar-refractivity contribution in [3.63, 3.8) is 0 Å². The van der Waals surface area contributed by atoms with Crippen LogP contribution in [0.25, 0.3) is 0 Å².